The number of phenols is 1. The molecule has 0 aromatic heterocycles. The van der Waals surface area contributed by atoms with Crippen LogP contribution < -0.4 is 10.9 Å². The highest BCUT2D eigenvalue weighted by atomic mass is 16.3. The molecule has 0 heterocycles. The molecule has 0 bridgehead atoms. The van der Waals surface area contributed by atoms with E-state index in [0.717, 1.165) is 5.56 Å². The van der Waals surface area contributed by atoms with Crippen molar-refractivity contribution in [2.75, 3.05) is 0 Å². The third-order valence-electron chi connectivity index (χ3n) is 2.98. The molecule has 5 heteroatoms. The molecule has 21 heavy (non-hydrogen) atoms. The van der Waals surface area contributed by atoms with Crippen LogP contribution in [0.4, 0.5) is 0 Å². The van der Waals surface area contributed by atoms with Gasteiger partial charge in [0.05, 0.1) is 6.42 Å². The van der Waals surface area contributed by atoms with E-state index >= 15 is 0 Å². The highest BCUT2D eigenvalue weighted by Crippen LogP contribution is 2.11. The largest absolute Gasteiger partial charge is 0.508 e. The lowest BCUT2D eigenvalue weighted by Crippen LogP contribution is -2.42. The first-order chi connectivity index (χ1) is 10.1. The zero-order valence-corrected chi connectivity index (χ0v) is 11.6. The van der Waals surface area contributed by atoms with Crippen LogP contribution in [0.25, 0.3) is 0 Å². The van der Waals surface area contributed by atoms with Crippen molar-refractivity contribution in [2.45, 2.75) is 13.3 Å². The summed E-state index contributed by atoms with van der Waals surface area (Å²) in [5.74, 6) is -0.621. The van der Waals surface area contributed by atoms with Gasteiger partial charge in [-0.1, -0.05) is 30.3 Å². The Morgan fingerprint density at radius 3 is 2.52 bits per heavy atom. The number of hydrazine groups is 1. The monoisotopic (exact) mass is 284 g/mol. The Labute approximate surface area is 122 Å². The zero-order chi connectivity index (χ0) is 15.2. The molecule has 3 N–H and O–H groups in total. The van der Waals surface area contributed by atoms with Crippen LogP contribution in [0.3, 0.4) is 0 Å². The standard InChI is InChI=1S/C16H16N2O3/c1-11-5-2-3-8-14(11)16(21)18-17-15(20)10-12-6-4-7-13(19)9-12/h2-9,19H,10H2,1H3,(H,17,20)(H,18,21). The summed E-state index contributed by atoms with van der Waals surface area (Å²) in [5.41, 5.74) is 6.73. The lowest BCUT2D eigenvalue weighted by molar-refractivity contribution is -0.121. The summed E-state index contributed by atoms with van der Waals surface area (Å²) < 4.78 is 0. The van der Waals surface area contributed by atoms with Crippen LogP contribution in [0.5, 0.6) is 5.75 Å². The topological polar surface area (TPSA) is 78.4 Å². The Morgan fingerprint density at radius 1 is 1.05 bits per heavy atom. The molecule has 0 aliphatic carbocycles. The molecule has 0 saturated heterocycles. The number of aromatic hydroxyl groups is 1. The number of aryl methyl sites for hydroxylation is 1. The number of hydrogen-bond acceptors (Lipinski definition) is 3. The van der Waals surface area contributed by atoms with E-state index < -0.39 is 0 Å². The summed E-state index contributed by atoms with van der Waals surface area (Å²) in [6.07, 6.45) is 0.0719. The highest BCUT2D eigenvalue weighted by Gasteiger charge is 2.09. The van der Waals surface area contributed by atoms with Crippen molar-refractivity contribution < 1.29 is 14.7 Å². The number of amides is 2. The Morgan fingerprint density at radius 2 is 1.81 bits per heavy atom. The van der Waals surface area contributed by atoms with E-state index in [2.05, 4.69) is 10.9 Å². The second-order valence-electron chi connectivity index (χ2n) is 4.66. The van der Waals surface area contributed by atoms with Crippen LogP contribution in [-0.4, -0.2) is 16.9 Å². The first kappa shape index (κ1) is 14.6. The minimum atomic E-state index is -0.364. The number of phenolic OH excluding ortho intramolecular Hbond substituents is 1. The fourth-order valence-electron chi connectivity index (χ4n) is 1.92. The van der Waals surface area contributed by atoms with E-state index in [-0.39, 0.29) is 24.0 Å². The second kappa shape index (κ2) is 6.56. The number of rotatable bonds is 3. The van der Waals surface area contributed by atoms with E-state index in [1.807, 2.05) is 19.1 Å². The lowest BCUT2D eigenvalue weighted by Gasteiger charge is -2.09. The van der Waals surface area contributed by atoms with Gasteiger partial charge in [-0.2, -0.15) is 0 Å². The van der Waals surface area contributed by atoms with E-state index in [9.17, 15) is 14.7 Å². The summed E-state index contributed by atoms with van der Waals surface area (Å²) >= 11 is 0. The zero-order valence-electron chi connectivity index (χ0n) is 11.6. The first-order valence-electron chi connectivity index (χ1n) is 6.49. The van der Waals surface area contributed by atoms with Gasteiger partial charge < -0.3 is 5.11 Å². The van der Waals surface area contributed by atoms with Crippen LogP contribution >= 0.6 is 0 Å². The minimum Gasteiger partial charge on any atom is -0.508 e. The van der Waals surface area contributed by atoms with Crippen LogP contribution in [0.2, 0.25) is 0 Å². The Kier molecular flexibility index (Phi) is 4.56. The van der Waals surface area contributed by atoms with Crippen molar-refractivity contribution in [3.63, 3.8) is 0 Å². The van der Waals surface area contributed by atoms with Crippen molar-refractivity contribution in [3.05, 3.63) is 65.2 Å². The van der Waals surface area contributed by atoms with Gasteiger partial charge in [0.2, 0.25) is 5.91 Å². The van der Waals surface area contributed by atoms with Gasteiger partial charge in [-0.15, -0.1) is 0 Å². The van der Waals surface area contributed by atoms with Crippen LogP contribution in [-0.2, 0) is 11.2 Å². The van der Waals surface area contributed by atoms with Crippen LogP contribution in [0.15, 0.2) is 48.5 Å². The molecule has 108 valence electrons. The van der Waals surface area contributed by atoms with Gasteiger partial charge in [-0.25, -0.2) is 0 Å². The average molecular weight is 284 g/mol. The predicted molar refractivity (Wildman–Crippen MR) is 78.6 cm³/mol. The maximum absolute atomic E-state index is 11.9. The van der Waals surface area contributed by atoms with Crippen LogP contribution in [0, 0.1) is 6.92 Å². The molecule has 2 aromatic carbocycles. The minimum absolute atomic E-state index is 0.0719. The van der Waals surface area contributed by atoms with Crippen molar-refractivity contribution >= 4 is 11.8 Å². The van der Waals surface area contributed by atoms with Crippen molar-refractivity contribution in [1.29, 1.82) is 0 Å². The van der Waals surface area contributed by atoms with E-state index in [0.29, 0.717) is 11.1 Å². The molecule has 5 nitrogen and oxygen atoms in total. The number of hydrogen-bond donors (Lipinski definition) is 3. The van der Waals surface area contributed by atoms with E-state index in [1.165, 1.54) is 12.1 Å². The van der Waals surface area contributed by atoms with E-state index in [1.54, 1.807) is 24.3 Å². The molecule has 2 amide bonds. The number of carbonyl (C=O) groups excluding carboxylic acids is 2. The maximum Gasteiger partial charge on any atom is 0.269 e. The van der Waals surface area contributed by atoms with Crippen molar-refractivity contribution in [1.82, 2.24) is 10.9 Å². The highest BCUT2D eigenvalue weighted by molar-refractivity contribution is 5.96. The second-order valence-corrected chi connectivity index (χ2v) is 4.66. The predicted octanol–water partition coefficient (Wildman–Crippen LogP) is 1.70. The third-order valence-corrected chi connectivity index (χ3v) is 2.98. The molecule has 0 fully saturated rings. The molecule has 2 rings (SSSR count). The molecule has 0 unspecified atom stereocenters. The van der Waals surface area contributed by atoms with Gasteiger partial charge in [0, 0.05) is 5.56 Å². The van der Waals surface area contributed by atoms with Gasteiger partial charge in [0.15, 0.2) is 0 Å². The Hall–Kier alpha value is -2.82. The summed E-state index contributed by atoms with van der Waals surface area (Å²) in [6, 6.07) is 13.5. The molecule has 0 saturated carbocycles. The number of benzene rings is 2. The molecule has 2 aromatic rings. The van der Waals surface area contributed by atoms with Crippen molar-refractivity contribution in [2.24, 2.45) is 0 Å². The fraction of sp³-hybridized carbons (Fsp3) is 0.125. The van der Waals surface area contributed by atoms with Gasteiger partial charge in [-0.05, 0) is 36.2 Å². The molecular weight excluding hydrogens is 268 g/mol. The third kappa shape index (κ3) is 4.07. The Bertz CT molecular complexity index is 668. The average Bonchev–Trinajstić information content (AvgIpc) is 2.45. The maximum atomic E-state index is 11.9. The molecule has 0 spiro atoms. The molecular formula is C16H16N2O3. The summed E-state index contributed by atoms with van der Waals surface area (Å²) in [6.45, 7) is 1.82. The Balaban J connectivity index is 1.90. The van der Waals surface area contributed by atoms with Gasteiger partial charge in [0.25, 0.3) is 5.91 Å². The lowest BCUT2D eigenvalue weighted by atomic mass is 10.1. The van der Waals surface area contributed by atoms with Crippen molar-refractivity contribution in [3.8, 4) is 5.75 Å². The first-order valence-corrected chi connectivity index (χ1v) is 6.49. The fourth-order valence-corrected chi connectivity index (χ4v) is 1.92. The summed E-state index contributed by atoms with van der Waals surface area (Å²) in [5, 5.41) is 9.32. The van der Waals surface area contributed by atoms with Gasteiger partial charge in [-0.3, -0.25) is 20.4 Å². The smallest absolute Gasteiger partial charge is 0.269 e. The molecule has 0 aliphatic heterocycles. The molecule has 0 aliphatic rings. The summed E-state index contributed by atoms with van der Waals surface area (Å²) in [4.78, 5) is 23.6. The number of nitrogens with one attached hydrogen (secondary N) is 2. The normalized spacial score (nSPS) is 9.95. The summed E-state index contributed by atoms with van der Waals surface area (Å²) in [7, 11) is 0. The van der Waals surface area contributed by atoms with Gasteiger partial charge >= 0.3 is 0 Å². The quantitative estimate of drug-likeness (QED) is 0.751. The van der Waals surface area contributed by atoms with Crippen LogP contribution in [0.1, 0.15) is 21.5 Å². The molecule has 0 atom stereocenters. The van der Waals surface area contributed by atoms with Gasteiger partial charge in [0.1, 0.15) is 5.75 Å². The number of carbonyl (C=O) groups is 2. The van der Waals surface area contributed by atoms with E-state index in [4.69, 9.17) is 0 Å². The molecule has 0 radical (unpaired) electrons. The SMILES string of the molecule is Cc1ccccc1C(=O)NNC(=O)Cc1cccc(O)c1.